The van der Waals surface area contributed by atoms with Gasteiger partial charge in [-0.3, -0.25) is 4.79 Å². The second kappa shape index (κ2) is 11.9. The summed E-state index contributed by atoms with van der Waals surface area (Å²) in [6.07, 6.45) is 0.459. The maximum atomic E-state index is 13.9. The van der Waals surface area contributed by atoms with Crippen LogP contribution >= 0.6 is 0 Å². The number of carboxylic acids is 1. The van der Waals surface area contributed by atoms with E-state index in [1.807, 2.05) is 68.4 Å². The van der Waals surface area contributed by atoms with Crippen molar-refractivity contribution in [2.24, 2.45) is 5.10 Å². The topological polar surface area (TPSA) is 103 Å². The Hall–Kier alpha value is -4.98. The van der Waals surface area contributed by atoms with Crippen LogP contribution in [-0.2, 0) is 4.79 Å². The Kier molecular flexibility index (Phi) is 8.06. The van der Waals surface area contributed by atoms with Gasteiger partial charge in [0.05, 0.1) is 23.7 Å². The van der Waals surface area contributed by atoms with Crippen molar-refractivity contribution in [3.63, 3.8) is 0 Å². The number of hydrogen-bond acceptors (Lipinski definition) is 6. The molecule has 42 heavy (non-hydrogen) atoms. The highest BCUT2D eigenvalue weighted by molar-refractivity contribution is 6.02. The lowest BCUT2D eigenvalue weighted by molar-refractivity contribution is -0.144. The molecule has 1 aromatic heterocycles. The molecule has 1 heterocycles. The summed E-state index contributed by atoms with van der Waals surface area (Å²) in [5.74, 6) is 0.614. The van der Waals surface area contributed by atoms with E-state index in [9.17, 15) is 14.7 Å². The number of ether oxygens (including phenoxy) is 2. The van der Waals surface area contributed by atoms with Crippen LogP contribution in [0.2, 0.25) is 0 Å². The van der Waals surface area contributed by atoms with E-state index in [0.717, 1.165) is 33.2 Å². The standard InChI is InChI=1S/C34H33N3O5/c1-6-41-31-17-21(4)27(18-26(31)20(2)3)32-36-29-14-10-9-13-25(29)33(38)37(32)35-19-28-24-12-8-7-11-23(24)15-16-30(28)42-22(5)34(39)40/h7-20,22H,6H2,1-5H3,(H,39,40)/t22-/m0/s1. The maximum Gasteiger partial charge on any atom is 0.344 e. The van der Waals surface area contributed by atoms with Crippen LogP contribution in [0.4, 0.5) is 0 Å². The van der Waals surface area contributed by atoms with Crippen LogP contribution in [0.15, 0.2) is 82.7 Å². The number of rotatable bonds is 9. The van der Waals surface area contributed by atoms with Gasteiger partial charge in [0.15, 0.2) is 11.9 Å². The van der Waals surface area contributed by atoms with Crippen molar-refractivity contribution in [1.29, 1.82) is 0 Å². The fraction of sp³-hybridized carbons (Fsp3) is 0.235. The van der Waals surface area contributed by atoms with E-state index in [1.165, 1.54) is 11.6 Å². The Morgan fingerprint density at radius 2 is 1.71 bits per heavy atom. The Balaban J connectivity index is 1.77. The molecule has 0 aliphatic heterocycles. The molecule has 0 unspecified atom stereocenters. The third kappa shape index (κ3) is 5.48. The minimum Gasteiger partial charge on any atom is -0.494 e. The molecule has 0 fully saturated rings. The van der Waals surface area contributed by atoms with Gasteiger partial charge < -0.3 is 14.6 Å². The van der Waals surface area contributed by atoms with Crippen LogP contribution in [0.3, 0.4) is 0 Å². The molecule has 1 N–H and O–H groups in total. The van der Waals surface area contributed by atoms with Crippen molar-refractivity contribution in [1.82, 2.24) is 9.66 Å². The quantitative estimate of drug-likeness (QED) is 0.198. The first-order chi connectivity index (χ1) is 20.2. The van der Waals surface area contributed by atoms with Gasteiger partial charge >= 0.3 is 5.97 Å². The number of nitrogens with zero attached hydrogens (tertiary/aromatic N) is 3. The van der Waals surface area contributed by atoms with Gasteiger partial charge in [0.2, 0.25) is 0 Å². The second-order valence-corrected chi connectivity index (χ2v) is 10.4. The number of aryl methyl sites for hydroxylation is 1. The van der Waals surface area contributed by atoms with E-state index in [0.29, 0.717) is 34.6 Å². The van der Waals surface area contributed by atoms with Gasteiger partial charge in [-0.05, 0) is 78.9 Å². The molecule has 0 bridgehead atoms. The van der Waals surface area contributed by atoms with E-state index in [4.69, 9.17) is 19.6 Å². The third-order valence-corrected chi connectivity index (χ3v) is 7.16. The van der Waals surface area contributed by atoms with E-state index in [2.05, 4.69) is 13.8 Å². The first kappa shape index (κ1) is 28.5. The van der Waals surface area contributed by atoms with Crippen LogP contribution < -0.4 is 15.0 Å². The first-order valence-electron chi connectivity index (χ1n) is 13.9. The van der Waals surface area contributed by atoms with Gasteiger partial charge in [0, 0.05) is 11.1 Å². The van der Waals surface area contributed by atoms with Gasteiger partial charge in [0.25, 0.3) is 5.56 Å². The lowest BCUT2D eigenvalue weighted by atomic mass is 9.96. The van der Waals surface area contributed by atoms with Crippen LogP contribution in [0, 0.1) is 6.92 Å². The molecule has 0 saturated carbocycles. The molecule has 4 aromatic carbocycles. The van der Waals surface area contributed by atoms with Crippen molar-refractivity contribution in [2.45, 2.75) is 46.6 Å². The summed E-state index contributed by atoms with van der Waals surface area (Å²) in [7, 11) is 0. The van der Waals surface area contributed by atoms with Crippen molar-refractivity contribution >= 4 is 33.9 Å². The first-order valence-corrected chi connectivity index (χ1v) is 13.9. The van der Waals surface area contributed by atoms with Gasteiger partial charge in [0.1, 0.15) is 11.5 Å². The summed E-state index contributed by atoms with van der Waals surface area (Å²) in [6, 6.07) is 22.4. The smallest absolute Gasteiger partial charge is 0.344 e. The zero-order valence-corrected chi connectivity index (χ0v) is 24.3. The molecule has 0 aliphatic rings. The highest BCUT2D eigenvalue weighted by Crippen LogP contribution is 2.34. The number of para-hydroxylation sites is 1. The molecule has 0 amide bonds. The third-order valence-electron chi connectivity index (χ3n) is 7.16. The molecule has 0 aliphatic carbocycles. The van der Waals surface area contributed by atoms with Crippen LogP contribution in [0.5, 0.6) is 11.5 Å². The highest BCUT2D eigenvalue weighted by atomic mass is 16.5. The molecule has 5 rings (SSSR count). The minimum atomic E-state index is -1.09. The van der Waals surface area contributed by atoms with E-state index < -0.39 is 12.1 Å². The number of fused-ring (bicyclic) bond motifs is 2. The summed E-state index contributed by atoms with van der Waals surface area (Å²) in [6.45, 7) is 10.1. The van der Waals surface area contributed by atoms with Crippen molar-refractivity contribution in [3.8, 4) is 22.9 Å². The van der Waals surface area contributed by atoms with Gasteiger partial charge in [-0.15, -0.1) is 0 Å². The van der Waals surface area contributed by atoms with E-state index in [-0.39, 0.29) is 11.5 Å². The fourth-order valence-corrected chi connectivity index (χ4v) is 4.94. The molecule has 1 atom stereocenters. The lowest BCUT2D eigenvalue weighted by Gasteiger charge is -2.18. The molecule has 0 radical (unpaired) electrons. The Morgan fingerprint density at radius 3 is 2.43 bits per heavy atom. The Morgan fingerprint density at radius 1 is 1.00 bits per heavy atom. The van der Waals surface area contributed by atoms with E-state index in [1.54, 1.807) is 24.4 Å². The summed E-state index contributed by atoms with van der Waals surface area (Å²) in [5.41, 5.74) is 3.44. The number of benzene rings is 4. The zero-order valence-electron chi connectivity index (χ0n) is 24.3. The van der Waals surface area contributed by atoms with Gasteiger partial charge in [-0.25, -0.2) is 9.78 Å². The second-order valence-electron chi connectivity index (χ2n) is 10.4. The van der Waals surface area contributed by atoms with Crippen molar-refractivity contribution in [2.75, 3.05) is 6.61 Å². The van der Waals surface area contributed by atoms with Crippen molar-refractivity contribution in [3.05, 3.63) is 99.8 Å². The highest BCUT2D eigenvalue weighted by Gasteiger charge is 2.20. The lowest BCUT2D eigenvalue weighted by Crippen LogP contribution is -2.23. The van der Waals surface area contributed by atoms with Crippen LogP contribution in [-0.4, -0.2) is 39.7 Å². The number of aliphatic carboxylic acids is 1. The zero-order chi connectivity index (χ0) is 30.0. The number of carbonyl (C=O) groups is 1. The SMILES string of the molecule is CCOc1cc(C)c(-c2nc3ccccc3c(=O)n2N=Cc2c(O[C@@H](C)C(=O)O)ccc3ccccc23)cc1C(C)C. The average molecular weight is 564 g/mol. The predicted molar refractivity (Wildman–Crippen MR) is 166 cm³/mol. The Bertz CT molecular complexity index is 1890. The summed E-state index contributed by atoms with van der Waals surface area (Å²) in [4.78, 5) is 30.4. The summed E-state index contributed by atoms with van der Waals surface area (Å²) < 4.78 is 13.0. The molecular weight excluding hydrogens is 530 g/mol. The van der Waals surface area contributed by atoms with Crippen molar-refractivity contribution < 1.29 is 19.4 Å². The normalized spacial score (nSPS) is 12.3. The molecule has 0 saturated heterocycles. The summed E-state index contributed by atoms with van der Waals surface area (Å²) >= 11 is 0. The van der Waals surface area contributed by atoms with Crippen LogP contribution in [0.1, 0.15) is 50.3 Å². The molecule has 5 aromatic rings. The Labute approximate surface area is 243 Å². The molecule has 8 nitrogen and oxygen atoms in total. The van der Waals surface area contributed by atoms with Gasteiger partial charge in [-0.2, -0.15) is 9.78 Å². The monoisotopic (exact) mass is 563 g/mol. The van der Waals surface area contributed by atoms with Crippen LogP contribution in [0.25, 0.3) is 33.1 Å². The number of carboxylic acid groups (broad SMARTS) is 1. The maximum absolute atomic E-state index is 13.9. The average Bonchev–Trinajstić information content (AvgIpc) is 2.97. The van der Waals surface area contributed by atoms with E-state index >= 15 is 0 Å². The summed E-state index contributed by atoms with van der Waals surface area (Å²) in [5, 5.41) is 16.3. The number of aromatic nitrogens is 2. The molecule has 8 heteroatoms. The van der Waals surface area contributed by atoms with Gasteiger partial charge in [-0.1, -0.05) is 56.3 Å². The largest absolute Gasteiger partial charge is 0.494 e. The molecule has 214 valence electrons. The fourth-order valence-electron chi connectivity index (χ4n) is 4.94. The molecular formula is C34H33N3O5. The molecule has 0 spiro atoms. The minimum absolute atomic E-state index is 0.168. The predicted octanol–water partition coefficient (Wildman–Crippen LogP) is 6.78. The number of hydrogen-bond donors (Lipinski definition) is 1.